The number of halogens is 4. The zero-order valence-corrected chi connectivity index (χ0v) is 13.3. The van der Waals surface area contributed by atoms with Gasteiger partial charge in [0.15, 0.2) is 0 Å². The van der Waals surface area contributed by atoms with Crippen molar-refractivity contribution in [2.45, 2.75) is 6.18 Å². The number of nitro benzene ring substituents is 1. The summed E-state index contributed by atoms with van der Waals surface area (Å²) in [5.41, 5.74) is -1.88. The number of alkyl halides is 3. The van der Waals surface area contributed by atoms with Crippen LogP contribution < -0.4 is 10.1 Å². The van der Waals surface area contributed by atoms with Gasteiger partial charge in [-0.25, -0.2) is 0 Å². The Kier molecular flexibility index (Phi) is 5.17. The monoisotopic (exact) mass is 374 g/mol. The van der Waals surface area contributed by atoms with Gasteiger partial charge in [-0.3, -0.25) is 14.9 Å². The number of non-ortho nitro benzene ring substituents is 1. The average Bonchev–Trinajstić information content (AvgIpc) is 2.54. The molecule has 2 rings (SSSR count). The Labute approximate surface area is 144 Å². The van der Waals surface area contributed by atoms with Crippen molar-refractivity contribution in [2.24, 2.45) is 0 Å². The van der Waals surface area contributed by atoms with Crippen molar-refractivity contribution in [1.82, 2.24) is 0 Å². The number of amides is 1. The number of nitrogens with one attached hydrogen (secondary N) is 1. The van der Waals surface area contributed by atoms with Crippen LogP contribution in [0, 0.1) is 10.1 Å². The van der Waals surface area contributed by atoms with E-state index in [9.17, 15) is 28.1 Å². The number of benzene rings is 2. The van der Waals surface area contributed by atoms with E-state index in [1.165, 1.54) is 7.11 Å². The normalized spacial score (nSPS) is 11.1. The molecule has 6 nitrogen and oxygen atoms in total. The lowest BCUT2D eigenvalue weighted by atomic mass is 10.1. The van der Waals surface area contributed by atoms with Crippen LogP contribution in [0.5, 0.6) is 5.75 Å². The molecule has 10 heteroatoms. The van der Waals surface area contributed by atoms with Crippen molar-refractivity contribution in [3.63, 3.8) is 0 Å². The van der Waals surface area contributed by atoms with Gasteiger partial charge >= 0.3 is 6.18 Å². The third-order valence-corrected chi connectivity index (χ3v) is 3.51. The molecule has 0 fully saturated rings. The highest BCUT2D eigenvalue weighted by Crippen LogP contribution is 2.35. The predicted octanol–water partition coefficient (Wildman–Crippen LogP) is 4.53. The van der Waals surface area contributed by atoms with Gasteiger partial charge in [0.05, 0.1) is 33.9 Å². The van der Waals surface area contributed by atoms with Crippen LogP contribution in [0.25, 0.3) is 0 Å². The Hall–Kier alpha value is -2.81. The van der Waals surface area contributed by atoms with E-state index in [2.05, 4.69) is 5.32 Å². The molecule has 132 valence electrons. The largest absolute Gasteiger partial charge is 0.495 e. The fraction of sp³-hybridized carbons (Fsp3) is 0.133. The number of ether oxygens (including phenoxy) is 1. The lowest BCUT2D eigenvalue weighted by molar-refractivity contribution is -0.384. The molecule has 1 amide bonds. The highest BCUT2D eigenvalue weighted by molar-refractivity contribution is 6.34. The highest BCUT2D eigenvalue weighted by Gasteiger charge is 2.31. The lowest BCUT2D eigenvalue weighted by Gasteiger charge is -2.14. The highest BCUT2D eigenvalue weighted by atomic mass is 35.5. The molecule has 0 atom stereocenters. The summed E-state index contributed by atoms with van der Waals surface area (Å²) in [7, 11) is 1.22. The van der Waals surface area contributed by atoms with Gasteiger partial charge < -0.3 is 10.1 Å². The maximum Gasteiger partial charge on any atom is 0.416 e. The molecule has 2 aromatic carbocycles. The Morgan fingerprint density at radius 3 is 2.48 bits per heavy atom. The van der Waals surface area contributed by atoms with Crippen molar-refractivity contribution in [3.05, 3.63) is 62.7 Å². The van der Waals surface area contributed by atoms with Crippen LogP contribution in [-0.4, -0.2) is 17.9 Å². The summed E-state index contributed by atoms with van der Waals surface area (Å²) in [6.07, 6.45) is -4.62. The van der Waals surface area contributed by atoms with Crippen molar-refractivity contribution >= 4 is 28.9 Å². The summed E-state index contributed by atoms with van der Waals surface area (Å²) >= 11 is 5.84. The van der Waals surface area contributed by atoms with Gasteiger partial charge in [-0.15, -0.1) is 0 Å². The Morgan fingerprint density at radius 1 is 1.24 bits per heavy atom. The second kappa shape index (κ2) is 6.98. The van der Waals surface area contributed by atoms with Crippen LogP contribution in [0.2, 0.25) is 5.02 Å². The topological polar surface area (TPSA) is 81.5 Å². The average molecular weight is 375 g/mol. The minimum atomic E-state index is -4.62. The molecule has 0 spiro atoms. The summed E-state index contributed by atoms with van der Waals surface area (Å²) in [5.74, 6) is -0.922. The maximum absolute atomic E-state index is 12.8. The third-order valence-electron chi connectivity index (χ3n) is 3.18. The first-order valence-electron chi connectivity index (χ1n) is 6.64. The van der Waals surface area contributed by atoms with Gasteiger partial charge in [0.25, 0.3) is 11.6 Å². The third kappa shape index (κ3) is 4.18. The molecule has 25 heavy (non-hydrogen) atoms. The molecule has 0 aliphatic heterocycles. The number of carbonyl (C=O) groups is 1. The molecule has 1 N–H and O–H groups in total. The van der Waals surface area contributed by atoms with Crippen molar-refractivity contribution in [3.8, 4) is 5.75 Å². The summed E-state index contributed by atoms with van der Waals surface area (Å²) in [4.78, 5) is 22.3. The van der Waals surface area contributed by atoms with E-state index >= 15 is 0 Å². The quantitative estimate of drug-likeness (QED) is 0.629. The molecular formula is C15H10ClF3N2O4. The molecule has 0 aromatic heterocycles. The molecule has 0 saturated heterocycles. The molecule has 0 unspecified atom stereocenters. The van der Waals surface area contributed by atoms with Crippen LogP contribution in [-0.2, 0) is 6.18 Å². The molecule has 0 bridgehead atoms. The minimum Gasteiger partial charge on any atom is -0.495 e. The van der Waals surface area contributed by atoms with Gasteiger partial charge in [0.2, 0.25) is 0 Å². The van der Waals surface area contributed by atoms with Gasteiger partial charge in [-0.05, 0) is 24.3 Å². The summed E-state index contributed by atoms with van der Waals surface area (Å²) in [5, 5.41) is 12.9. The second-order valence-corrected chi connectivity index (χ2v) is 5.20. The number of hydrogen-bond acceptors (Lipinski definition) is 4. The van der Waals surface area contributed by atoms with Crippen molar-refractivity contribution < 1.29 is 27.6 Å². The molecule has 0 aliphatic carbocycles. The van der Waals surface area contributed by atoms with Gasteiger partial charge in [-0.2, -0.15) is 13.2 Å². The molecular weight excluding hydrogens is 365 g/mol. The number of rotatable bonds is 4. The Morgan fingerprint density at radius 2 is 1.92 bits per heavy atom. The fourth-order valence-electron chi connectivity index (χ4n) is 1.97. The maximum atomic E-state index is 12.8. The van der Waals surface area contributed by atoms with Crippen LogP contribution >= 0.6 is 11.6 Å². The Bertz CT molecular complexity index is 840. The van der Waals surface area contributed by atoms with Gasteiger partial charge in [-0.1, -0.05) is 11.6 Å². The zero-order chi connectivity index (χ0) is 18.8. The van der Waals surface area contributed by atoms with E-state index in [0.717, 1.165) is 30.3 Å². The predicted molar refractivity (Wildman–Crippen MR) is 84.1 cm³/mol. The first-order valence-corrected chi connectivity index (χ1v) is 7.02. The number of nitrogens with zero attached hydrogens (tertiary/aromatic N) is 1. The van der Waals surface area contributed by atoms with E-state index in [4.69, 9.17) is 16.3 Å². The van der Waals surface area contributed by atoms with Crippen LogP contribution in [0.3, 0.4) is 0 Å². The minimum absolute atomic E-state index is 0.0112. The van der Waals surface area contributed by atoms with E-state index in [0.29, 0.717) is 6.07 Å². The zero-order valence-electron chi connectivity index (χ0n) is 12.6. The van der Waals surface area contributed by atoms with E-state index < -0.39 is 22.6 Å². The fourth-order valence-corrected chi connectivity index (χ4v) is 2.18. The van der Waals surface area contributed by atoms with Crippen LogP contribution in [0.15, 0.2) is 36.4 Å². The second-order valence-electron chi connectivity index (χ2n) is 4.79. The SMILES string of the molecule is COc1ccc(C(F)(F)F)cc1NC(=O)c1cc([N+](=O)[O-])ccc1Cl. The summed E-state index contributed by atoms with van der Waals surface area (Å²) < 4.78 is 43.4. The molecule has 2 aromatic rings. The van der Waals surface area contributed by atoms with Crippen molar-refractivity contribution in [2.75, 3.05) is 12.4 Å². The molecule has 0 aliphatic rings. The smallest absolute Gasteiger partial charge is 0.416 e. The number of carbonyl (C=O) groups excluding carboxylic acids is 1. The number of nitro groups is 1. The van der Waals surface area contributed by atoms with Crippen molar-refractivity contribution in [1.29, 1.82) is 0 Å². The first kappa shape index (κ1) is 18.5. The van der Waals surface area contributed by atoms with E-state index in [1.54, 1.807) is 0 Å². The number of anilines is 1. The summed E-state index contributed by atoms with van der Waals surface area (Å²) in [6.45, 7) is 0. The van der Waals surface area contributed by atoms with Crippen LogP contribution in [0.4, 0.5) is 24.5 Å². The van der Waals surface area contributed by atoms with Gasteiger partial charge in [0.1, 0.15) is 5.75 Å². The standard InChI is InChI=1S/C15H10ClF3N2O4/c1-25-13-5-2-8(15(17,18)19)6-12(13)20-14(22)10-7-9(21(23)24)3-4-11(10)16/h2-7H,1H3,(H,20,22). The van der Waals surface area contributed by atoms with E-state index in [-0.39, 0.29) is 27.7 Å². The number of hydrogen-bond donors (Lipinski definition) is 1. The first-order chi connectivity index (χ1) is 11.6. The van der Waals surface area contributed by atoms with Crippen LogP contribution in [0.1, 0.15) is 15.9 Å². The van der Waals surface area contributed by atoms with E-state index in [1.807, 2.05) is 0 Å². The summed E-state index contributed by atoms with van der Waals surface area (Å²) in [6, 6.07) is 5.73. The molecule has 0 heterocycles. The molecule has 0 radical (unpaired) electrons. The lowest BCUT2D eigenvalue weighted by Crippen LogP contribution is -2.15. The van der Waals surface area contributed by atoms with Gasteiger partial charge in [0, 0.05) is 12.1 Å². The Balaban J connectivity index is 2.41. The molecule has 0 saturated carbocycles. The number of methoxy groups -OCH3 is 1.